The molecule has 0 spiro atoms. The van der Waals surface area contributed by atoms with E-state index in [1.807, 2.05) is 37.3 Å². The van der Waals surface area contributed by atoms with Gasteiger partial charge in [0.1, 0.15) is 5.75 Å². The Labute approximate surface area is 161 Å². The first kappa shape index (κ1) is 21.1. The molecule has 0 fully saturated rings. The number of aryl methyl sites for hydroxylation is 1. The SMILES string of the molecule is CCCCCCOC=NP(=O)(OCc1ccccc1)Oc1ccnc(C)c1. The monoisotopic (exact) mass is 390 g/mol. The lowest BCUT2D eigenvalue weighted by molar-refractivity contribution is 0.254. The fourth-order valence-corrected chi connectivity index (χ4v) is 3.32. The quantitative estimate of drug-likeness (QED) is 0.201. The number of unbranched alkanes of at least 4 members (excludes halogenated alkanes) is 3. The molecule has 6 nitrogen and oxygen atoms in total. The minimum absolute atomic E-state index is 0.121. The normalized spacial score (nSPS) is 13.4. The molecular formula is C20H27N2O4P. The number of hydrogen-bond donors (Lipinski definition) is 0. The number of ether oxygens (including phenoxy) is 1. The molecule has 27 heavy (non-hydrogen) atoms. The van der Waals surface area contributed by atoms with Crippen molar-refractivity contribution >= 4 is 14.1 Å². The highest BCUT2D eigenvalue weighted by Crippen LogP contribution is 2.50. The van der Waals surface area contributed by atoms with Crippen LogP contribution in [0.3, 0.4) is 0 Å². The van der Waals surface area contributed by atoms with Crippen LogP contribution in [-0.2, 0) is 20.4 Å². The van der Waals surface area contributed by atoms with Crippen molar-refractivity contribution in [3.8, 4) is 5.75 Å². The molecular weight excluding hydrogens is 363 g/mol. The first-order valence-electron chi connectivity index (χ1n) is 9.18. The van der Waals surface area contributed by atoms with Gasteiger partial charge in [0.25, 0.3) is 0 Å². The van der Waals surface area contributed by atoms with E-state index in [0.29, 0.717) is 12.4 Å². The molecule has 1 aromatic heterocycles. The predicted molar refractivity (Wildman–Crippen MR) is 107 cm³/mol. The van der Waals surface area contributed by atoms with Gasteiger partial charge >= 0.3 is 7.75 Å². The molecule has 1 heterocycles. The third-order valence-electron chi connectivity index (χ3n) is 3.70. The van der Waals surface area contributed by atoms with Gasteiger partial charge < -0.3 is 9.26 Å². The zero-order chi connectivity index (χ0) is 19.4. The molecule has 146 valence electrons. The van der Waals surface area contributed by atoms with Gasteiger partial charge in [0.15, 0.2) is 6.40 Å². The van der Waals surface area contributed by atoms with Gasteiger partial charge in [0.05, 0.1) is 13.2 Å². The van der Waals surface area contributed by atoms with Crippen molar-refractivity contribution in [3.05, 3.63) is 59.9 Å². The highest BCUT2D eigenvalue weighted by Gasteiger charge is 2.26. The van der Waals surface area contributed by atoms with E-state index >= 15 is 0 Å². The van der Waals surface area contributed by atoms with Crippen molar-refractivity contribution in [3.63, 3.8) is 0 Å². The minimum atomic E-state index is -3.77. The average molecular weight is 390 g/mol. The zero-order valence-corrected chi connectivity index (χ0v) is 16.8. The molecule has 0 amide bonds. The van der Waals surface area contributed by atoms with E-state index in [0.717, 1.165) is 30.5 Å². The summed E-state index contributed by atoms with van der Waals surface area (Å²) in [6.45, 7) is 4.62. The predicted octanol–water partition coefficient (Wildman–Crippen LogP) is 5.72. The van der Waals surface area contributed by atoms with Gasteiger partial charge in [-0.05, 0) is 25.0 Å². The molecule has 0 aliphatic heterocycles. The van der Waals surface area contributed by atoms with Gasteiger partial charge in [-0.1, -0.05) is 56.5 Å². The summed E-state index contributed by atoms with van der Waals surface area (Å²) in [6, 6.07) is 12.7. The van der Waals surface area contributed by atoms with Crippen LogP contribution in [0.5, 0.6) is 5.75 Å². The molecule has 1 unspecified atom stereocenters. The van der Waals surface area contributed by atoms with Gasteiger partial charge in [0.2, 0.25) is 0 Å². The van der Waals surface area contributed by atoms with Crippen molar-refractivity contribution < 1.29 is 18.3 Å². The molecule has 0 aliphatic rings. The maximum atomic E-state index is 13.1. The standard InChI is InChI=1S/C20H27N2O4P/c1-3-4-5-9-14-24-17-22-27(23,25-16-19-10-7-6-8-11-19)26-20-12-13-21-18(2)15-20/h6-8,10-13,15,17H,3-5,9,14,16H2,1-2H3. The lowest BCUT2D eigenvalue weighted by Crippen LogP contribution is -2.00. The van der Waals surface area contributed by atoms with Crippen molar-refractivity contribution in [1.29, 1.82) is 0 Å². The van der Waals surface area contributed by atoms with Gasteiger partial charge in [0, 0.05) is 18.0 Å². The van der Waals surface area contributed by atoms with Crippen LogP contribution in [0.15, 0.2) is 53.4 Å². The van der Waals surface area contributed by atoms with Crippen LogP contribution >= 0.6 is 7.75 Å². The highest BCUT2D eigenvalue weighted by molar-refractivity contribution is 7.52. The van der Waals surface area contributed by atoms with Crippen molar-refractivity contribution in [2.75, 3.05) is 6.61 Å². The van der Waals surface area contributed by atoms with E-state index in [2.05, 4.69) is 16.7 Å². The van der Waals surface area contributed by atoms with Gasteiger partial charge in [-0.2, -0.15) is 0 Å². The molecule has 1 atom stereocenters. The third-order valence-corrected chi connectivity index (χ3v) is 4.98. The average Bonchev–Trinajstić information content (AvgIpc) is 2.67. The summed E-state index contributed by atoms with van der Waals surface area (Å²) < 4.78 is 33.5. The Morgan fingerprint density at radius 1 is 1.15 bits per heavy atom. The van der Waals surface area contributed by atoms with Crippen LogP contribution in [0.1, 0.15) is 43.9 Å². The van der Waals surface area contributed by atoms with Crippen molar-refractivity contribution in [2.24, 2.45) is 4.76 Å². The zero-order valence-electron chi connectivity index (χ0n) is 15.9. The van der Waals surface area contributed by atoms with E-state index in [9.17, 15) is 4.57 Å². The maximum Gasteiger partial charge on any atom is 0.510 e. The summed E-state index contributed by atoms with van der Waals surface area (Å²) in [5, 5.41) is 0. The Morgan fingerprint density at radius 3 is 2.70 bits per heavy atom. The topological polar surface area (TPSA) is 70.0 Å². The number of rotatable bonds is 12. The minimum Gasteiger partial charge on any atom is -0.483 e. The summed E-state index contributed by atoms with van der Waals surface area (Å²) in [4.78, 5) is 4.10. The van der Waals surface area contributed by atoms with Crippen LogP contribution in [-0.4, -0.2) is 18.0 Å². The molecule has 0 radical (unpaired) electrons. The molecule has 2 rings (SSSR count). The summed E-state index contributed by atoms with van der Waals surface area (Å²) in [5.41, 5.74) is 1.63. The molecule has 2 aromatic rings. The van der Waals surface area contributed by atoms with Gasteiger partial charge in [-0.15, -0.1) is 4.76 Å². The van der Waals surface area contributed by atoms with Gasteiger partial charge in [-0.3, -0.25) is 9.51 Å². The number of benzene rings is 1. The lowest BCUT2D eigenvalue weighted by atomic mass is 10.2. The second-order valence-electron chi connectivity index (χ2n) is 6.10. The highest BCUT2D eigenvalue weighted by atomic mass is 31.2. The van der Waals surface area contributed by atoms with Crippen molar-refractivity contribution in [2.45, 2.75) is 46.1 Å². The first-order chi connectivity index (χ1) is 13.1. The fraction of sp³-hybridized carbons (Fsp3) is 0.400. The number of hydrogen-bond acceptors (Lipinski definition) is 5. The van der Waals surface area contributed by atoms with E-state index in [4.69, 9.17) is 13.8 Å². The Kier molecular flexibility index (Phi) is 9.02. The van der Waals surface area contributed by atoms with Crippen LogP contribution in [0.2, 0.25) is 0 Å². The largest absolute Gasteiger partial charge is 0.510 e. The summed E-state index contributed by atoms with van der Waals surface area (Å²) >= 11 is 0. The van der Waals surface area contributed by atoms with E-state index in [1.165, 1.54) is 12.8 Å². The summed E-state index contributed by atoms with van der Waals surface area (Å²) in [6.07, 6.45) is 7.12. The molecule has 0 bridgehead atoms. The maximum absolute atomic E-state index is 13.1. The van der Waals surface area contributed by atoms with E-state index < -0.39 is 7.75 Å². The fourth-order valence-electron chi connectivity index (χ4n) is 2.28. The summed E-state index contributed by atoms with van der Waals surface area (Å²) in [7, 11) is -3.77. The molecule has 0 saturated heterocycles. The Bertz CT molecular complexity index is 753. The number of nitrogens with zero attached hydrogens (tertiary/aromatic N) is 2. The first-order valence-corrected chi connectivity index (χ1v) is 10.7. The van der Waals surface area contributed by atoms with Crippen LogP contribution in [0.4, 0.5) is 0 Å². The van der Waals surface area contributed by atoms with Crippen molar-refractivity contribution in [1.82, 2.24) is 4.98 Å². The second-order valence-corrected chi connectivity index (χ2v) is 7.71. The number of pyridine rings is 1. The lowest BCUT2D eigenvalue weighted by Gasteiger charge is -2.15. The molecule has 0 aliphatic carbocycles. The second kappa shape index (κ2) is 11.5. The molecule has 0 N–H and O–H groups in total. The Balaban J connectivity index is 1.99. The number of aromatic nitrogens is 1. The molecule has 0 saturated carbocycles. The Hall–Kier alpha value is -2.17. The molecule has 7 heteroatoms. The smallest absolute Gasteiger partial charge is 0.483 e. The van der Waals surface area contributed by atoms with Crippen LogP contribution in [0.25, 0.3) is 0 Å². The summed E-state index contributed by atoms with van der Waals surface area (Å²) in [5.74, 6) is 0.388. The van der Waals surface area contributed by atoms with E-state index in [-0.39, 0.29) is 6.61 Å². The van der Waals surface area contributed by atoms with E-state index in [1.54, 1.807) is 18.3 Å². The molecule has 1 aromatic carbocycles. The Morgan fingerprint density at radius 2 is 1.96 bits per heavy atom. The van der Waals surface area contributed by atoms with Gasteiger partial charge in [-0.25, -0.2) is 4.57 Å². The van der Waals surface area contributed by atoms with Crippen LogP contribution < -0.4 is 4.52 Å². The third kappa shape index (κ3) is 8.37. The van der Waals surface area contributed by atoms with Crippen LogP contribution in [0, 0.1) is 6.92 Å².